The van der Waals surface area contributed by atoms with Crippen molar-refractivity contribution in [1.82, 2.24) is 14.7 Å². The summed E-state index contributed by atoms with van der Waals surface area (Å²) in [6.07, 6.45) is 2.90. The Morgan fingerprint density at radius 2 is 2.10 bits per heavy atom. The number of amides is 1. The molecule has 2 aliphatic rings. The van der Waals surface area contributed by atoms with Gasteiger partial charge in [0.2, 0.25) is 5.91 Å². The van der Waals surface area contributed by atoms with E-state index in [0.29, 0.717) is 0 Å². The Labute approximate surface area is 122 Å². The maximum absolute atomic E-state index is 12.5. The third kappa shape index (κ3) is 2.49. The first kappa shape index (κ1) is 13.7. The lowest BCUT2D eigenvalue weighted by atomic mass is 10.2. The highest BCUT2D eigenvalue weighted by atomic mass is 32.2. The standard InChI is InChI=1S/C14H19N3O2S/c1-10(14(19)16-5-7-20-8-6-16)17-13(18)9-11-3-2-4-12(11)15-17/h9-10H,2-8H2,1H3/t10-/m0/s1. The molecule has 0 radical (unpaired) electrons. The van der Waals surface area contributed by atoms with Crippen LogP contribution in [0.5, 0.6) is 0 Å². The first-order chi connectivity index (χ1) is 9.66. The van der Waals surface area contributed by atoms with Crippen LogP contribution in [0.3, 0.4) is 0 Å². The van der Waals surface area contributed by atoms with Gasteiger partial charge >= 0.3 is 0 Å². The van der Waals surface area contributed by atoms with Crippen molar-refractivity contribution >= 4 is 17.7 Å². The summed E-state index contributed by atoms with van der Waals surface area (Å²) in [5.74, 6) is 1.97. The first-order valence-electron chi connectivity index (χ1n) is 7.15. The molecule has 0 bridgehead atoms. The van der Waals surface area contributed by atoms with E-state index in [1.165, 1.54) is 4.68 Å². The molecule has 0 aromatic carbocycles. The third-order valence-electron chi connectivity index (χ3n) is 4.03. The molecule has 0 N–H and O–H groups in total. The molecule has 5 nitrogen and oxygen atoms in total. The van der Waals surface area contributed by atoms with E-state index in [2.05, 4.69) is 5.10 Å². The van der Waals surface area contributed by atoms with Crippen LogP contribution in [-0.2, 0) is 17.6 Å². The van der Waals surface area contributed by atoms with E-state index >= 15 is 0 Å². The molecular formula is C14H19N3O2S. The summed E-state index contributed by atoms with van der Waals surface area (Å²) in [4.78, 5) is 26.5. The van der Waals surface area contributed by atoms with E-state index in [1.807, 2.05) is 16.7 Å². The molecule has 1 atom stereocenters. The normalized spacial score (nSPS) is 19.8. The first-order valence-corrected chi connectivity index (χ1v) is 8.30. The molecule has 0 saturated carbocycles. The van der Waals surface area contributed by atoms with Crippen molar-refractivity contribution in [3.63, 3.8) is 0 Å². The smallest absolute Gasteiger partial charge is 0.267 e. The number of aryl methyl sites for hydroxylation is 2. The van der Waals surface area contributed by atoms with E-state index < -0.39 is 6.04 Å². The largest absolute Gasteiger partial charge is 0.339 e. The van der Waals surface area contributed by atoms with Gasteiger partial charge in [-0.05, 0) is 31.7 Å². The van der Waals surface area contributed by atoms with E-state index in [-0.39, 0.29) is 11.5 Å². The third-order valence-corrected chi connectivity index (χ3v) is 4.97. The predicted octanol–water partition coefficient (Wildman–Crippen LogP) is 0.868. The van der Waals surface area contributed by atoms with Crippen LogP contribution >= 0.6 is 11.8 Å². The molecule has 0 unspecified atom stereocenters. The molecule has 2 heterocycles. The van der Waals surface area contributed by atoms with Crippen molar-refractivity contribution < 1.29 is 4.79 Å². The summed E-state index contributed by atoms with van der Waals surface area (Å²) in [5, 5.41) is 4.42. The van der Waals surface area contributed by atoms with E-state index in [0.717, 1.165) is 55.1 Å². The van der Waals surface area contributed by atoms with Crippen molar-refractivity contribution in [3.05, 3.63) is 27.7 Å². The Balaban J connectivity index is 1.84. The lowest BCUT2D eigenvalue weighted by Gasteiger charge is -2.29. The van der Waals surface area contributed by atoms with Gasteiger partial charge in [-0.1, -0.05) is 0 Å². The summed E-state index contributed by atoms with van der Waals surface area (Å²) in [6, 6.07) is 1.15. The van der Waals surface area contributed by atoms with Gasteiger partial charge in [-0.3, -0.25) is 9.59 Å². The fourth-order valence-electron chi connectivity index (χ4n) is 2.85. The number of aromatic nitrogens is 2. The molecule has 0 spiro atoms. The highest BCUT2D eigenvalue weighted by Gasteiger charge is 2.26. The van der Waals surface area contributed by atoms with Crippen LogP contribution < -0.4 is 5.56 Å². The molecular weight excluding hydrogens is 274 g/mol. The highest BCUT2D eigenvalue weighted by Crippen LogP contribution is 2.19. The van der Waals surface area contributed by atoms with Crippen LogP contribution in [0.25, 0.3) is 0 Å². The minimum Gasteiger partial charge on any atom is -0.339 e. The average molecular weight is 293 g/mol. The molecule has 3 rings (SSSR count). The van der Waals surface area contributed by atoms with Gasteiger partial charge in [-0.15, -0.1) is 0 Å². The molecule has 1 aliphatic carbocycles. The SMILES string of the molecule is C[C@@H](C(=O)N1CCSCC1)n1nc2c(cc1=O)CCC2. The van der Waals surface area contributed by atoms with Gasteiger partial charge in [-0.25, -0.2) is 4.68 Å². The zero-order valence-electron chi connectivity index (χ0n) is 11.7. The minimum absolute atomic E-state index is 0.0119. The maximum atomic E-state index is 12.5. The van der Waals surface area contributed by atoms with Crippen LogP contribution in [0.4, 0.5) is 0 Å². The van der Waals surface area contributed by atoms with Crippen molar-refractivity contribution in [3.8, 4) is 0 Å². The fourth-order valence-corrected chi connectivity index (χ4v) is 3.75. The molecule has 1 aromatic rings. The second-order valence-corrected chi connectivity index (χ2v) is 6.59. The van der Waals surface area contributed by atoms with Gasteiger partial charge in [-0.2, -0.15) is 16.9 Å². The molecule has 108 valence electrons. The zero-order chi connectivity index (χ0) is 14.1. The van der Waals surface area contributed by atoms with Gasteiger partial charge < -0.3 is 4.90 Å². The Kier molecular flexibility index (Phi) is 3.83. The Morgan fingerprint density at radius 1 is 1.35 bits per heavy atom. The molecule has 6 heteroatoms. The fraction of sp³-hybridized carbons (Fsp3) is 0.643. The van der Waals surface area contributed by atoms with E-state index in [9.17, 15) is 9.59 Å². The molecule has 1 aliphatic heterocycles. The highest BCUT2D eigenvalue weighted by molar-refractivity contribution is 7.99. The van der Waals surface area contributed by atoms with Gasteiger partial charge in [0, 0.05) is 30.7 Å². The number of rotatable bonds is 2. The number of nitrogens with zero attached hydrogens (tertiary/aromatic N) is 3. The Morgan fingerprint density at radius 3 is 2.85 bits per heavy atom. The number of fused-ring (bicyclic) bond motifs is 1. The van der Waals surface area contributed by atoms with Crippen LogP contribution in [0, 0.1) is 0 Å². The molecule has 1 amide bonds. The molecule has 1 saturated heterocycles. The molecule has 1 aromatic heterocycles. The van der Waals surface area contributed by atoms with Crippen LogP contribution in [0.1, 0.15) is 30.6 Å². The Bertz CT molecular complexity index is 578. The maximum Gasteiger partial charge on any atom is 0.267 e. The van der Waals surface area contributed by atoms with E-state index in [4.69, 9.17) is 0 Å². The van der Waals surface area contributed by atoms with Crippen LogP contribution in [-0.4, -0.2) is 45.2 Å². The number of carbonyl (C=O) groups excluding carboxylic acids is 1. The average Bonchev–Trinajstić information content (AvgIpc) is 2.93. The molecule has 1 fully saturated rings. The van der Waals surface area contributed by atoms with Crippen LogP contribution in [0.2, 0.25) is 0 Å². The van der Waals surface area contributed by atoms with Gasteiger partial charge in [0.1, 0.15) is 6.04 Å². The van der Waals surface area contributed by atoms with E-state index in [1.54, 1.807) is 13.0 Å². The van der Waals surface area contributed by atoms with Crippen molar-refractivity contribution in [2.75, 3.05) is 24.6 Å². The zero-order valence-corrected chi connectivity index (χ0v) is 12.5. The van der Waals surface area contributed by atoms with Crippen LogP contribution in [0.15, 0.2) is 10.9 Å². The number of hydrogen-bond acceptors (Lipinski definition) is 4. The predicted molar refractivity (Wildman–Crippen MR) is 79.1 cm³/mol. The lowest BCUT2D eigenvalue weighted by Crippen LogP contribution is -2.44. The minimum atomic E-state index is -0.503. The summed E-state index contributed by atoms with van der Waals surface area (Å²) in [5.41, 5.74) is 1.89. The van der Waals surface area contributed by atoms with Crippen molar-refractivity contribution in [1.29, 1.82) is 0 Å². The van der Waals surface area contributed by atoms with Crippen molar-refractivity contribution in [2.24, 2.45) is 0 Å². The quantitative estimate of drug-likeness (QED) is 0.812. The monoisotopic (exact) mass is 293 g/mol. The van der Waals surface area contributed by atoms with Gasteiger partial charge in [0.05, 0.1) is 5.69 Å². The van der Waals surface area contributed by atoms with Gasteiger partial charge in [0.25, 0.3) is 5.56 Å². The number of carbonyl (C=O) groups is 1. The summed E-state index contributed by atoms with van der Waals surface area (Å²) in [6.45, 7) is 3.32. The summed E-state index contributed by atoms with van der Waals surface area (Å²) in [7, 11) is 0. The van der Waals surface area contributed by atoms with Crippen molar-refractivity contribution in [2.45, 2.75) is 32.2 Å². The Hall–Kier alpha value is -1.30. The number of thioether (sulfide) groups is 1. The van der Waals surface area contributed by atoms with Gasteiger partial charge in [0.15, 0.2) is 0 Å². The second-order valence-electron chi connectivity index (χ2n) is 5.37. The summed E-state index contributed by atoms with van der Waals surface area (Å²) < 4.78 is 1.37. The summed E-state index contributed by atoms with van der Waals surface area (Å²) >= 11 is 1.86. The number of hydrogen-bond donors (Lipinski definition) is 0. The second kappa shape index (κ2) is 5.60. The lowest BCUT2D eigenvalue weighted by molar-refractivity contribution is -0.134. The topological polar surface area (TPSA) is 55.2 Å². The molecule has 20 heavy (non-hydrogen) atoms.